The Morgan fingerprint density at radius 3 is 2.38 bits per heavy atom. The summed E-state index contributed by atoms with van der Waals surface area (Å²) in [5.74, 6) is 1.04. The Hall–Kier alpha value is -1.98. The van der Waals surface area contributed by atoms with Gasteiger partial charge in [-0.25, -0.2) is 0 Å². The average molecular weight is 473 g/mol. The fourth-order valence-corrected chi connectivity index (χ4v) is 5.16. The van der Waals surface area contributed by atoms with Gasteiger partial charge in [0, 0.05) is 23.4 Å². The average Bonchev–Trinajstić information content (AvgIpc) is 2.81. The first-order chi connectivity index (χ1) is 15.6. The van der Waals surface area contributed by atoms with E-state index in [1.165, 1.54) is 6.42 Å². The van der Waals surface area contributed by atoms with Crippen LogP contribution in [0.5, 0.6) is 0 Å². The molecule has 0 spiro atoms. The first-order valence-electron chi connectivity index (χ1n) is 11.5. The van der Waals surface area contributed by atoms with E-state index in [1.807, 2.05) is 61.5 Å². The van der Waals surface area contributed by atoms with Gasteiger partial charge in [-0.1, -0.05) is 80.3 Å². The molecule has 3 rings (SSSR count). The number of nitrogens with one attached hydrogen (secondary N) is 1. The van der Waals surface area contributed by atoms with Crippen LogP contribution in [0, 0.1) is 0 Å². The Labute approximate surface area is 201 Å². The molecule has 0 aromatic heterocycles. The monoisotopic (exact) mass is 472 g/mol. The second-order valence-corrected chi connectivity index (χ2v) is 9.82. The molecule has 2 amide bonds. The molecule has 4 nitrogen and oxygen atoms in total. The summed E-state index contributed by atoms with van der Waals surface area (Å²) in [5.41, 5.74) is 2.16. The van der Waals surface area contributed by atoms with E-state index < -0.39 is 6.04 Å². The highest BCUT2D eigenvalue weighted by Crippen LogP contribution is 2.21. The molecule has 1 atom stereocenters. The van der Waals surface area contributed by atoms with E-state index in [1.54, 1.807) is 16.7 Å². The Morgan fingerprint density at radius 2 is 1.72 bits per heavy atom. The lowest BCUT2D eigenvalue weighted by Crippen LogP contribution is -2.52. The Balaban J connectivity index is 1.66. The maximum Gasteiger partial charge on any atom is 0.243 e. The van der Waals surface area contributed by atoms with E-state index >= 15 is 0 Å². The van der Waals surface area contributed by atoms with Gasteiger partial charge in [-0.2, -0.15) is 0 Å². The van der Waals surface area contributed by atoms with Gasteiger partial charge in [-0.05, 0) is 42.5 Å². The summed E-state index contributed by atoms with van der Waals surface area (Å²) in [6.45, 7) is 2.43. The SMILES string of the molecule is CC[C@@H](C(=O)NC1CCCCC1)N(Cc1ccccc1)C(=O)CSCc1ccc(Cl)cc1. The number of carbonyl (C=O) groups is 2. The molecule has 172 valence electrons. The van der Waals surface area contributed by atoms with Gasteiger partial charge < -0.3 is 10.2 Å². The van der Waals surface area contributed by atoms with Crippen molar-refractivity contribution in [1.82, 2.24) is 10.2 Å². The highest BCUT2D eigenvalue weighted by molar-refractivity contribution is 7.99. The second kappa shape index (κ2) is 12.9. The van der Waals surface area contributed by atoms with Crippen molar-refractivity contribution in [2.24, 2.45) is 0 Å². The smallest absolute Gasteiger partial charge is 0.243 e. The minimum atomic E-state index is -0.458. The molecule has 6 heteroatoms. The van der Waals surface area contributed by atoms with E-state index in [0.717, 1.165) is 42.6 Å². The highest BCUT2D eigenvalue weighted by Gasteiger charge is 2.30. The van der Waals surface area contributed by atoms with Crippen molar-refractivity contribution < 1.29 is 9.59 Å². The molecule has 2 aromatic rings. The number of nitrogens with zero attached hydrogens (tertiary/aromatic N) is 1. The molecule has 1 saturated carbocycles. The van der Waals surface area contributed by atoms with Crippen LogP contribution in [0.15, 0.2) is 54.6 Å². The molecule has 1 aliphatic rings. The van der Waals surface area contributed by atoms with Gasteiger partial charge in [0.25, 0.3) is 0 Å². The van der Waals surface area contributed by atoms with Crippen molar-refractivity contribution in [1.29, 1.82) is 0 Å². The molecule has 0 aliphatic heterocycles. The highest BCUT2D eigenvalue weighted by atomic mass is 35.5. The fraction of sp³-hybridized carbons (Fsp3) is 0.462. The third kappa shape index (κ3) is 7.56. The number of rotatable bonds is 10. The molecule has 0 radical (unpaired) electrons. The standard InChI is InChI=1S/C26H33ClN2O2S/c1-2-24(26(31)28-23-11-7-4-8-12-23)29(17-20-9-5-3-6-10-20)25(30)19-32-18-21-13-15-22(27)16-14-21/h3,5-6,9-10,13-16,23-24H,2,4,7-8,11-12,17-19H2,1H3,(H,28,31)/t24-/m0/s1. The zero-order valence-electron chi connectivity index (χ0n) is 18.8. The van der Waals surface area contributed by atoms with Gasteiger partial charge in [0.15, 0.2) is 0 Å². The number of amides is 2. The van der Waals surface area contributed by atoms with Crippen molar-refractivity contribution in [3.8, 4) is 0 Å². The van der Waals surface area contributed by atoms with E-state index in [-0.39, 0.29) is 17.9 Å². The van der Waals surface area contributed by atoms with Crippen LogP contribution in [0.2, 0.25) is 5.02 Å². The largest absolute Gasteiger partial charge is 0.352 e. The number of thioether (sulfide) groups is 1. The van der Waals surface area contributed by atoms with Crippen molar-refractivity contribution in [3.63, 3.8) is 0 Å². The van der Waals surface area contributed by atoms with Gasteiger partial charge in [0.1, 0.15) is 6.04 Å². The van der Waals surface area contributed by atoms with Gasteiger partial charge in [0.2, 0.25) is 11.8 Å². The molecule has 32 heavy (non-hydrogen) atoms. The van der Waals surface area contributed by atoms with Crippen molar-refractivity contribution in [3.05, 3.63) is 70.7 Å². The van der Waals surface area contributed by atoms with Crippen LogP contribution in [0.25, 0.3) is 0 Å². The lowest BCUT2D eigenvalue weighted by molar-refractivity contribution is -0.139. The van der Waals surface area contributed by atoms with Crippen LogP contribution >= 0.6 is 23.4 Å². The maximum atomic E-state index is 13.3. The van der Waals surface area contributed by atoms with Crippen LogP contribution in [0.3, 0.4) is 0 Å². The summed E-state index contributed by atoms with van der Waals surface area (Å²) >= 11 is 7.53. The van der Waals surface area contributed by atoms with E-state index in [9.17, 15) is 9.59 Å². The first-order valence-corrected chi connectivity index (χ1v) is 13.1. The van der Waals surface area contributed by atoms with Crippen molar-refractivity contribution >= 4 is 35.2 Å². The van der Waals surface area contributed by atoms with Crippen molar-refractivity contribution in [2.75, 3.05) is 5.75 Å². The number of carbonyl (C=O) groups excluding carboxylic acids is 2. The first kappa shape index (κ1) is 24.7. The lowest BCUT2D eigenvalue weighted by atomic mass is 9.95. The summed E-state index contributed by atoms with van der Waals surface area (Å²) in [5, 5.41) is 3.93. The topological polar surface area (TPSA) is 49.4 Å². The zero-order chi connectivity index (χ0) is 22.8. The third-order valence-electron chi connectivity index (χ3n) is 5.94. The second-order valence-electron chi connectivity index (χ2n) is 8.39. The molecule has 0 heterocycles. The van der Waals surface area contributed by atoms with E-state index in [4.69, 9.17) is 11.6 Å². The van der Waals surface area contributed by atoms with Gasteiger partial charge in [-0.3, -0.25) is 9.59 Å². The molecule has 0 unspecified atom stereocenters. The predicted octanol–water partition coefficient (Wildman–Crippen LogP) is 5.83. The Morgan fingerprint density at radius 1 is 1.03 bits per heavy atom. The van der Waals surface area contributed by atoms with Crippen LogP contribution in [0.4, 0.5) is 0 Å². The lowest BCUT2D eigenvalue weighted by Gasteiger charge is -2.32. The van der Waals surface area contributed by atoms with Crippen LogP contribution in [-0.4, -0.2) is 34.6 Å². The molecule has 1 aliphatic carbocycles. The van der Waals surface area contributed by atoms with Crippen molar-refractivity contribution in [2.45, 2.75) is 69.8 Å². The fourth-order valence-electron chi connectivity index (χ4n) is 4.16. The maximum absolute atomic E-state index is 13.3. The summed E-state index contributed by atoms with van der Waals surface area (Å²) in [6.07, 6.45) is 6.23. The summed E-state index contributed by atoms with van der Waals surface area (Å²) in [6, 6.07) is 17.4. The molecule has 0 saturated heterocycles. The molecule has 1 fully saturated rings. The van der Waals surface area contributed by atoms with Crippen LogP contribution < -0.4 is 5.32 Å². The van der Waals surface area contributed by atoms with Gasteiger partial charge in [0.05, 0.1) is 5.75 Å². The van der Waals surface area contributed by atoms with E-state index in [2.05, 4.69) is 5.32 Å². The van der Waals surface area contributed by atoms with Gasteiger partial charge >= 0.3 is 0 Å². The predicted molar refractivity (Wildman–Crippen MR) is 134 cm³/mol. The minimum Gasteiger partial charge on any atom is -0.352 e. The number of halogens is 1. The summed E-state index contributed by atoms with van der Waals surface area (Å²) in [4.78, 5) is 28.2. The third-order valence-corrected chi connectivity index (χ3v) is 7.18. The summed E-state index contributed by atoms with van der Waals surface area (Å²) < 4.78 is 0. The molecule has 1 N–H and O–H groups in total. The number of hydrogen-bond donors (Lipinski definition) is 1. The molecule has 0 bridgehead atoms. The molecular weight excluding hydrogens is 440 g/mol. The summed E-state index contributed by atoms with van der Waals surface area (Å²) in [7, 11) is 0. The quantitative estimate of drug-likeness (QED) is 0.473. The molecular formula is C26H33ClN2O2S. The normalized spacial score (nSPS) is 15.2. The number of hydrogen-bond acceptors (Lipinski definition) is 3. The minimum absolute atomic E-state index is 0.00143. The Kier molecular flexibility index (Phi) is 9.94. The van der Waals surface area contributed by atoms with E-state index in [0.29, 0.717) is 23.7 Å². The Bertz CT molecular complexity index is 854. The van der Waals surface area contributed by atoms with Crippen LogP contribution in [-0.2, 0) is 21.9 Å². The zero-order valence-corrected chi connectivity index (χ0v) is 20.3. The van der Waals surface area contributed by atoms with Gasteiger partial charge in [-0.15, -0.1) is 11.8 Å². The van der Waals surface area contributed by atoms with Crippen LogP contribution in [0.1, 0.15) is 56.6 Å². The number of benzene rings is 2. The molecule has 2 aromatic carbocycles.